The summed E-state index contributed by atoms with van der Waals surface area (Å²) < 4.78 is 35.3. The number of rotatable bonds is 9. The zero-order chi connectivity index (χ0) is 31.0. The Balaban J connectivity index is 2.02. The van der Waals surface area contributed by atoms with E-state index < -0.39 is 5.97 Å². The lowest BCUT2D eigenvalue weighted by Crippen LogP contribution is -2.19. The fourth-order valence-electron chi connectivity index (χ4n) is 5.73. The number of phenolic OH excluding ortho intramolecular Hbond substituents is 3. The van der Waals surface area contributed by atoms with Crippen molar-refractivity contribution in [1.82, 2.24) is 4.57 Å². The molecule has 5 rings (SSSR count). The third-order valence-corrected chi connectivity index (χ3v) is 7.54. The minimum Gasteiger partial charge on any atom is -0.507 e. The Morgan fingerprint density at radius 2 is 1.40 bits per heavy atom. The summed E-state index contributed by atoms with van der Waals surface area (Å²) in [4.78, 5) is 13.8. The number of esters is 1. The Morgan fingerprint density at radius 1 is 0.744 bits per heavy atom. The van der Waals surface area contributed by atoms with Crippen LogP contribution in [0, 0.1) is 0 Å². The number of aromatic nitrogens is 1. The SMILES string of the molecule is CCOC(=O)c1c(-c2cc(OC)c(O)cc2O)c(-c2ccc(O)c(OC)c2)c2n1CCc1c-2cc(OC)c(OC)c1OC. The first-order chi connectivity index (χ1) is 20.7. The second-order valence-electron chi connectivity index (χ2n) is 9.67. The van der Waals surface area contributed by atoms with Crippen LogP contribution in [-0.4, -0.2) is 68.0 Å². The van der Waals surface area contributed by atoms with Crippen LogP contribution < -0.4 is 23.7 Å². The Kier molecular flexibility index (Phi) is 7.90. The first kappa shape index (κ1) is 29.3. The van der Waals surface area contributed by atoms with Crippen molar-refractivity contribution in [3.63, 3.8) is 0 Å². The molecule has 0 fully saturated rings. The van der Waals surface area contributed by atoms with Gasteiger partial charge in [0, 0.05) is 40.4 Å². The molecule has 0 unspecified atom stereocenters. The minimum atomic E-state index is -0.613. The van der Waals surface area contributed by atoms with Gasteiger partial charge in [-0.15, -0.1) is 0 Å². The van der Waals surface area contributed by atoms with Crippen molar-refractivity contribution in [2.45, 2.75) is 19.9 Å². The lowest BCUT2D eigenvalue weighted by Gasteiger charge is -2.26. The maximum atomic E-state index is 13.8. The van der Waals surface area contributed by atoms with Crippen molar-refractivity contribution in [1.29, 1.82) is 0 Å². The number of benzene rings is 3. The van der Waals surface area contributed by atoms with E-state index in [1.165, 1.54) is 40.6 Å². The van der Waals surface area contributed by atoms with Gasteiger partial charge in [-0.05, 0) is 43.2 Å². The highest BCUT2D eigenvalue weighted by molar-refractivity contribution is 6.08. The van der Waals surface area contributed by atoms with E-state index in [9.17, 15) is 20.1 Å². The number of carbonyl (C=O) groups excluding carboxylic acids is 1. The van der Waals surface area contributed by atoms with Crippen LogP contribution in [0.25, 0.3) is 33.5 Å². The highest BCUT2D eigenvalue weighted by atomic mass is 16.5. The Morgan fingerprint density at radius 3 is 2.02 bits per heavy atom. The molecule has 1 aromatic heterocycles. The summed E-state index contributed by atoms with van der Waals surface area (Å²) in [7, 11) is 7.43. The molecular weight excluding hydrogens is 558 g/mol. The van der Waals surface area contributed by atoms with Crippen LogP contribution in [0.15, 0.2) is 36.4 Å². The summed E-state index contributed by atoms with van der Waals surface area (Å²) in [6.07, 6.45) is 0.468. The van der Waals surface area contributed by atoms with Gasteiger partial charge in [0.2, 0.25) is 5.75 Å². The molecule has 0 spiro atoms. The third-order valence-electron chi connectivity index (χ3n) is 7.54. The molecule has 2 heterocycles. The van der Waals surface area contributed by atoms with Gasteiger partial charge < -0.3 is 48.3 Å². The van der Waals surface area contributed by atoms with Gasteiger partial charge in [0.1, 0.15) is 11.4 Å². The molecule has 0 aliphatic carbocycles. The highest BCUT2D eigenvalue weighted by Gasteiger charge is 2.37. The molecule has 0 atom stereocenters. The number of hydrogen-bond donors (Lipinski definition) is 3. The third kappa shape index (κ3) is 4.66. The number of phenols is 3. The summed E-state index contributed by atoms with van der Waals surface area (Å²) in [6.45, 7) is 2.17. The summed E-state index contributed by atoms with van der Waals surface area (Å²) in [5.74, 6) is 0.385. The number of methoxy groups -OCH3 is 5. The van der Waals surface area contributed by atoms with E-state index in [-0.39, 0.29) is 46.6 Å². The van der Waals surface area contributed by atoms with E-state index >= 15 is 0 Å². The zero-order valence-corrected chi connectivity index (χ0v) is 24.7. The van der Waals surface area contributed by atoms with Gasteiger partial charge in [0.15, 0.2) is 34.5 Å². The smallest absolute Gasteiger partial charge is 0.355 e. The van der Waals surface area contributed by atoms with Crippen molar-refractivity contribution in [2.75, 3.05) is 42.2 Å². The van der Waals surface area contributed by atoms with Crippen molar-refractivity contribution in [2.24, 2.45) is 0 Å². The average Bonchev–Trinajstić information content (AvgIpc) is 3.35. The molecule has 0 bridgehead atoms. The molecule has 226 valence electrons. The topological polar surface area (TPSA) is 138 Å². The maximum Gasteiger partial charge on any atom is 0.355 e. The molecule has 11 heteroatoms. The van der Waals surface area contributed by atoms with Crippen LogP contribution in [0.5, 0.6) is 46.0 Å². The van der Waals surface area contributed by atoms with Crippen LogP contribution >= 0.6 is 0 Å². The van der Waals surface area contributed by atoms with E-state index in [2.05, 4.69) is 0 Å². The van der Waals surface area contributed by atoms with Crippen molar-refractivity contribution in [3.05, 3.63) is 47.7 Å². The average molecular weight is 592 g/mol. The summed E-state index contributed by atoms with van der Waals surface area (Å²) >= 11 is 0. The van der Waals surface area contributed by atoms with E-state index in [4.69, 9.17) is 28.4 Å². The molecule has 0 amide bonds. The largest absolute Gasteiger partial charge is 0.507 e. The fraction of sp³-hybridized carbons (Fsp3) is 0.281. The van der Waals surface area contributed by atoms with E-state index in [1.54, 1.807) is 26.2 Å². The first-order valence-electron chi connectivity index (χ1n) is 13.5. The quantitative estimate of drug-likeness (QED) is 0.218. The lowest BCUT2D eigenvalue weighted by atomic mass is 9.89. The molecular formula is C32H33NO10. The molecule has 0 saturated carbocycles. The monoisotopic (exact) mass is 591 g/mol. The number of ether oxygens (including phenoxy) is 6. The Bertz CT molecular complexity index is 1720. The second-order valence-corrected chi connectivity index (χ2v) is 9.67. The van der Waals surface area contributed by atoms with Gasteiger partial charge in [-0.1, -0.05) is 6.07 Å². The molecule has 1 aliphatic heterocycles. The van der Waals surface area contributed by atoms with Crippen molar-refractivity contribution >= 4 is 5.97 Å². The molecule has 1 aliphatic rings. The number of carbonyl (C=O) groups is 1. The standard InChI is InChI=1S/C32H33NO10/c1-7-43-32(37)29-27(19-14-24(39-3)22(36)15-21(19)35)26(16-8-9-20(34)23(12-16)38-2)28-18-13-25(40-4)31(42-6)30(41-5)17(18)10-11-33(28)29/h8-9,12-15,34-36H,7,10-11H2,1-6H3. The number of nitrogens with zero attached hydrogens (tertiary/aromatic N) is 1. The molecule has 4 aromatic rings. The lowest BCUT2D eigenvalue weighted by molar-refractivity contribution is 0.0514. The van der Waals surface area contributed by atoms with Crippen molar-refractivity contribution < 1.29 is 48.5 Å². The minimum absolute atomic E-state index is 0.0749. The molecule has 0 radical (unpaired) electrons. The van der Waals surface area contributed by atoms with Crippen LogP contribution in [0.3, 0.4) is 0 Å². The summed E-state index contributed by atoms with van der Waals surface area (Å²) in [5.41, 5.74) is 3.96. The predicted molar refractivity (Wildman–Crippen MR) is 158 cm³/mol. The Labute approximate surface area is 248 Å². The van der Waals surface area contributed by atoms with E-state index in [1.807, 2.05) is 10.6 Å². The maximum absolute atomic E-state index is 13.8. The number of hydrogen-bond acceptors (Lipinski definition) is 10. The van der Waals surface area contributed by atoms with Gasteiger partial charge in [-0.25, -0.2) is 4.79 Å². The molecule has 0 saturated heterocycles. The van der Waals surface area contributed by atoms with E-state index in [0.717, 1.165) is 11.6 Å². The van der Waals surface area contributed by atoms with Crippen LogP contribution in [0.2, 0.25) is 0 Å². The second kappa shape index (κ2) is 11.6. The number of fused-ring (bicyclic) bond motifs is 3. The fourth-order valence-corrected chi connectivity index (χ4v) is 5.73. The van der Waals surface area contributed by atoms with Crippen molar-refractivity contribution in [3.8, 4) is 79.5 Å². The predicted octanol–water partition coefficient (Wildman–Crippen LogP) is 5.38. The van der Waals surface area contributed by atoms with Gasteiger partial charge in [0.05, 0.1) is 47.8 Å². The van der Waals surface area contributed by atoms with Gasteiger partial charge in [-0.3, -0.25) is 0 Å². The van der Waals surface area contributed by atoms with Gasteiger partial charge in [0.25, 0.3) is 0 Å². The van der Waals surface area contributed by atoms with Gasteiger partial charge >= 0.3 is 5.97 Å². The summed E-state index contributed by atoms with van der Waals surface area (Å²) in [5, 5.41) is 32.0. The first-order valence-corrected chi connectivity index (χ1v) is 13.5. The van der Waals surface area contributed by atoms with Crippen LogP contribution in [0.1, 0.15) is 23.0 Å². The highest BCUT2D eigenvalue weighted by Crippen LogP contribution is 2.55. The molecule has 43 heavy (non-hydrogen) atoms. The molecule has 3 N–H and O–H groups in total. The van der Waals surface area contributed by atoms with Gasteiger partial charge in [-0.2, -0.15) is 0 Å². The Hall–Kier alpha value is -5.19. The zero-order valence-electron chi connectivity index (χ0n) is 24.7. The summed E-state index contributed by atoms with van der Waals surface area (Å²) in [6, 6.07) is 9.26. The normalized spacial score (nSPS) is 11.8. The van der Waals surface area contributed by atoms with E-state index in [0.29, 0.717) is 58.2 Å². The van der Waals surface area contributed by atoms with Crippen LogP contribution in [0.4, 0.5) is 0 Å². The number of aromatic hydroxyl groups is 3. The molecule has 3 aromatic carbocycles. The molecule has 11 nitrogen and oxygen atoms in total. The van der Waals surface area contributed by atoms with Crippen LogP contribution in [-0.2, 0) is 17.7 Å².